The van der Waals surface area contributed by atoms with Crippen LogP contribution in [-0.2, 0) is 16.9 Å². The zero-order valence-corrected chi connectivity index (χ0v) is 11.9. The third-order valence-electron chi connectivity index (χ3n) is 3.39. The number of benzene rings is 1. The molecule has 1 amide bonds. The molecule has 5 heteroatoms. The molecule has 1 atom stereocenters. The van der Waals surface area contributed by atoms with Crippen molar-refractivity contribution in [3.8, 4) is 0 Å². The van der Waals surface area contributed by atoms with Crippen molar-refractivity contribution in [3.05, 3.63) is 54.4 Å². The Morgan fingerprint density at radius 1 is 1.35 bits per heavy atom. The molecule has 0 aliphatic heterocycles. The largest absolute Gasteiger partial charge is 0.342 e. The number of aromatic nitrogens is 2. The van der Waals surface area contributed by atoms with Crippen LogP contribution in [0.3, 0.4) is 0 Å². The molecule has 1 aromatic carbocycles. The standard InChI is InChI=1S/C15H20N4O/c1-15(16,13-7-4-3-5-8-13)14(20)18(2)11-12-19-10-6-9-17-19/h3-10H,11-12,16H2,1-2H3. The highest BCUT2D eigenvalue weighted by molar-refractivity contribution is 5.86. The molecule has 0 saturated carbocycles. The van der Waals surface area contributed by atoms with Gasteiger partial charge in [0.15, 0.2) is 0 Å². The minimum Gasteiger partial charge on any atom is -0.342 e. The summed E-state index contributed by atoms with van der Waals surface area (Å²) in [5.41, 5.74) is 6.02. The van der Waals surface area contributed by atoms with Crippen LogP contribution in [-0.4, -0.2) is 34.2 Å². The van der Waals surface area contributed by atoms with E-state index in [1.54, 1.807) is 29.7 Å². The van der Waals surface area contributed by atoms with Crippen LogP contribution in [0.1, 0.15) is 12.5 Å². The maximum absolute atomic E-state index is 12.5. The second kappa shape index (κ2) is 5.88. The van der Waals surface area contributed by atoms with Crippen LogP contribution in [0.5, 0.6) is 0 Å². The molecule has 0 spiro atoms. The van der Waals surface area contributed by atoms with E-state index in [1.807, 2.05) is 42.6 Å². The van der Waals surface area contributed by atoms with E-state index in [0.29, 0.717) is 13.1 Å². The van der Waals surface area contributed by atoms with Gasteiger partial charge in [-0.1, -0.05) is 30.3 Å². The summed E-state index contributed by atoms with van der Waals surface area (Å²) in [5.74, 6) is -0.101. The monoisotopic (exact) mass is 272 g/mol. The molecule has 1 unspecified atom stereocenters. The second-order valence-electron chi connectivity index (χ2n) is 5.06. The Hall–Kier alpha value is -2.14. The van der Waals surface area contributed by atoms with E-state index in [9.17, 15) is 4.79 Å². The van der Waals surface area contributed by atoms with Crippen molar-refractivity contribution >= 4 is 5.91 Å². The van der Waals surface area contributed by atoms with E-state index < -0.39 is 5.54 Å². The van der Waals surface area contributed by atoms with Crippen molar-refractivity contribution in [1.29, 1.82) is 0 Å². The molecule has 1 aromatic heterocycles. The molecule has 2 aromatic rings. The third kappa shape index (κ3) is 3.05. The molecule has 0 saturated heterocycles. The number of carbonyl (C=O) groups is 1. The molecule has 5 nitrogen and oxygen atoms in total. The normalized spacial score (nSPS) is 13.8. The van der Waals surface area contributed by atoms with Gasteiger partial charge in [0.2, 0.25) is 5.91 Å². The number of likely N-dealkylation sites (N-methyl/N-ethyl adjacent to an activating group) is 1. The maximum Gasteiger partial charge on any atom is 0.246 e. The van der Waals surface area contributed by atoms with E-state index in [0.717, 1.165) is 5.56 Å². The lowest BCUT2D eigenvalue weighted by molar-refractivity contribution is -0.135. The van der Waals surface area contributed by atoms with Crippen LogP contribution in [0.25, 0.3) is 0 Å². The van der Waals surface area contributed by atoms with E-state index in [1.165, 1.54) is 0 Å². The molecule has 106 valence electrons. The fourth-order valence-corrected chi connectivity index (χ4v) is 2.09. The third-order valence-corrected chi connectivity index (χ3v) is 3.39. The van der Waals surface area contributed by atoms with E-state index in [-0.39, 0.29) is 5.91 Å². The summed E-state index contributed by atoms with van der Waals surface area (Å²) in [6.45, 7) is 2.97. The predicted octanol–water partition coefficient (Wildman–Crippen LogP) is 1.22. The van der Waals surface area contributed by atoms with Gasteiger partial charge < -0.3 is 10.6 Å². The fourth-order valence-electron chi connectivity index (χ4n) is 2.09. The molecule has 2 N–H and O–H groups in total. The fraction of sp³-hybridized carbons (Fsp3) is 0.333. The van der Waals surface area contributed by atoms with Crippen LogP contribution < -0.4 is 5.73 Å². The highest BCUT2D eigenvalue weighted by Crippen LogP contribution is 2.19. The number of carbonyl (C=O) groups excluding carboxylic acids is 1. The Balaban J connectivity index is 2.02. The number of hydrogen-bond acceptors (Lipinski definition) is 3. The molecule has 0 bridgehead atoms. The number of rotatable bonds is 5. The predicted molar refractivity (Wildman–Crippen MR) is 77.8 cm³/mol. The average Bonchev–Trinajstić information content (AvgIpc) is 2.98. The molecule has 0 fully saturated rings. The van der Waals surface area contributed by atoms with Gasteiger partial charge in [-0.25, -0.2) is 0 Å². The lowest BCUT2D eigenvalue weighted by Gasteiger charge is -2.29. The van der Waals surface area contributed by atoms with Gasteiger partial charge in [0, 0.05) is 26.0 Å². The van der Waals surface area contributed by atoms with Crippen LogP contribution in [0.2, 0.25) is 0 Å². The van der Waals surface area contributed by atoms with Crippen LogP contribution >= 0.6 is 0 Å². The zero-order valence-electron chi connectivity index (χ0n) is 11.9. The zero-order chi connectivity index (χ0) is 14.6. The molecular formula is C15H20N4O. The molecular weight excluding hydrogens is 252 g/mol. The molecule has 2 rings (SSSR count). The SMILES string of the molecule is CN(CCn1cccn1)C(=O)C(C)(N)c1ccccc1. The first-order valence-corrected chi connectivity index (χ1v) is 6.59. The minimum atomic E-state index is -1.01. The van der Waals surface area contributed by atoms with Crippen molar-refractivity contribution < 1.29 is 4.79 Å². The number of hydrogen-bond donors (Lipinski definition) is 1. The second-order valence-corrected chi connectivity index (χ2v) is 5.06. The first kappa shape index (κ1) is 14.3. The quantitative estimate of drug-likeness (QED) is 0.890. The molecule has 20 heavy (non-hydrogen) atoms. The first-order chi connectivity index (χ1) is 9.51. The topological polar surface area (TPSA) is 64.2 Å². The average molecular weight is 272 g/mol. The molecule has 1 heterocycles. The maximum atomic E-state index is 12.5. The van der Waals surface area contributed by atoms with Gasteiger partial charge in [0.05, 0.1) is 6.54 Å². The van der Waals surface area contributed by atoms with E-state index >= 15 is 0 Å². The summed E-state index contributed by atoms with van der Waals surface area (Å²) >= 11 is 0. The summed E-state index contributed by atoms with van der Waals surface area (Å²) in [7, 11) is 1.76. The lowest BCUT2D eigenvalue weighted by atomic mass is 9.92. The minimum absolute atomic E-state index is 0.101. The van der Waals surface area contributed by atoms with Crippen molar-refractivity contribution in [2.75, 3.05) is 13.6 Å². The van der Waals surface area contributed by atoms with E-state index in [4.69, 9.17) is 5.73 Å². The Morgan fingerprint density at radius 3 is 2.65 bits per heavy atom. The first-order valence-electron chi connectivity index (χ1n) is 6.59. The van der Waals surface area contributed by atoms with Gasteiger partial charge in [-0.05, 0) is 18.6 Å². The van der Waals surface area contributed by atoms with Crippen LogP contribution in [0.15, 0.2) is 48.8 Å². The van der Waals surface area contributed by atoms with Crippen LogP contribution in [0.4, 0.5) is 0 Å². The number of amides is 1. The van der Waals surface area contributed by atoms with Gasteiger partial charge in [-0.15, -0.1) is 0 Å². The van der Waals surface area contributed by atoms with Gasteiger partial charge >= 0.3 is 0 Å². The number of nitrogens with two attached hydrogens (primary N) is 1. The van der Waals surface area contributed by atoms with Gasteiger partial charge in [0.1, 0.15) is 5.54 Å². The van der Waals surface area contributed by atoms with Gasteiger partial charge in [-0.3, -0.25) is 9.48 Å². The summed E-state index contributed by atoms with van der Waals surface area (Å²) < 4.78 is 1.79. The van der Waals surface area contributed by atoms with Crippen molar-refractivity contribution in [2.45, 2.75) is 19.0 Å². The highest BCUT2D eigenvalue weighted by atomic mass is 16.2. The van der Waals surface area contributed by atoms with Crippen molar-refractivity contribution in [1.82, 2.24) is 14.7 Å². The van der Waals surface area contributed by atoms with Crippen molar-refractivity contribution in [3.63, 3.8) is 0 Å². The smallest absolute Gasteiger partial charge is 0.246 e. The molecule has 0 aliphatic carbocycles. The van der Waals surface area contributed by atoms with Gasteiger partial charge in [-0.2, -0.15) is 5.10 Å². The molecule has 0 radical (unpaired) electrons. The summed E-state index contributed by atoms with van der Waals surface area (Å²) in [4.78, 5) is 14.1. The van der Waals surface area contributed by atoms with E-state index in [2.05, 4.69) is 5.10 Å². The lowest BCUT2D eigenvalue weighted by Crippen LogP contribution is -2.50. The highest BCUT2D eigenvalue weighted by Gasteiger charge is 2.32. The summed E-state index contributed by atoms with van der Waals surface area (Å²) in [5, 5.41) is 4.12. The van der Waals surface area contributed by atoms with Crippen molar-refractivity contribution in [2.24, 2.45) is 5.73 Å². The van der Waals surface area contributed by atoms with Gasteiger partial charge in [0.25, 0.3) is 0 Å². The van der Waals surface area contributed by atoms with Crippen LogP contribution in [0, 0.1) is 0 Å². The Morgan fingerprint density at radius 2 is 2.05 bits per heavy atom. The number of nitrogens with zero attached hydrogens (tertiary/aromatic N) is 3. The summed E-state index contributed by atoms with van der Waals surface area (Å²) in [6, 6.07) is 11.3. The Bertz CT molecular complexity index is 549. The Kier molecular flexibility index (Phi) is 4.20. The molecule has 0 aliphatic rings. The Labute approximate surface area is 119 Å². The summed E-state index contributed by atoms with van der Waals surface area (Å²) in [6.07, 6.45) is 3.59.